The molecule has 0 bridgehead atoms. The third-order valence-corrected chi connectivity index (χ3v) is 3.75. The van der Waals surface area contributed by atoms with Crippen molar-refractivity contribution in [3.05, 3.63) is 78.9 Å². The molecule has 0 spiro atoms. The molecule has 3 aromatic carbocycles. The maximum Gasteiger partial charge on any atom is 0.323 e. The monoisotopic (exact) mass is 335 g/mol. The van der Waals surface area contributed by atoms with Crippen LogP contribution in [0.5, 0.6) is 0 Å². The van der Waals surface area contributed by atoms with Crippen LogP contribution < -0.4 is 16.0 Å². The quantitative estimate of drug-likeness (QED) is 0.485. The SMILES string of the molecule is O=C(Nc1ccc(Nc2ccccc2)cc1)Nc1ccccc1S. The summed E-state index contributed by atoms with van der Waals surface area (Å²) in [6.07, 6.45) is 0. The van der Waals surface area contributed by atoms with Crippen LogP contribution >= 0.6 is 12.6 Å². The van der Waals surface area contributed by atoms with Crippen LogP contribution in [0.4, 0.5) is 27.5 Å². The highest BCUT2D eigenvalue weighted by Gasteiger charge is 2.05. The minimum Gasteiger partial charge on any atom is -0.356 e. The van der Waals surface area contributed by atoms with Crippen LogP contribution in [-0.2, 0) is 0 Å². The maximum absolute atomic E-state index is 12.0. The summed E-state index contributed by atoms with van der Waals surface area (Å²) in [5.74, 6) is 0. The molecule has 0 fully saturated rings. The van der Waals surface area contributed by atoms with E-state index < -0.39 is 0 Å². The Kier molecular flexibility index (Phi) is 5.03. The van der Waals surface area contributed by atoms with Crippen LogP contribution in [0.25, 0.3) is 0 Å². The number of hydrogen-bond donors (Lipinski definition) is 4. The molecule has 0 heterocycles. The number of para-hydroxylation sites is 2. The fraction of sp³-hybridized carbons (Fsp3) is 0. The van der Waals surface area contributed by atoms with E-state index in [4.69, 9.17) is 0 Å². The third kappa shape index (κ3) is 4.30. The molecule has 2 amide bonds. The van der Waals surface area contributed by atoms with Crippen LogP contribution in [0.3, 0.4) is 0 Å². The molecule has 0 saturated carbocycles. The Hall–Kier alpha value is -2.92. The molecule has 5 heteroatoms. The van der Waals surface area contributed by atoms with Gasteiger partial charge in [-0.25, -0.2) is 4.79 Å². The van der Waals surface area contributed by atoms with Gasteiger partial charge < -0.3 is 16.0 Å². The van der Waals surface area contributed by atoms with Crippen molar-refractivity contribution in [3.8, 4) is 0 Å². The summed E-state index contributed by atoms with van der Waals surface area (Å²) in [5, 5.41) is 8.86. The second kappa shape index (κ2) is 7.57. The van der Waals surface area contributed by atoms with E-state index >= 15 is 0 Å². The van der Waals surface area contributed by atoms with E-state index in [-0.39, 0.29) is 6.03 Å². The zero-order chi connectivity index (χ0) is 16.8. The summed E-state index contributed by atoms with van der Waals surface area (Å²) < 4.78 is 0. The second-order valence-electron chi connectivity index (χ2n) is 5.16. The van der Waals surface area contributed by atoms with E-state index in [0.29, 0.717) is 11.4 Å². The number of rotatable bonds is 4. The summed E-state index contributed by atoms with van der Waals surface area (Å²) in [5.41, 5.74) is 3.35. The molecule has 0 atom stereocenters. The largest absolute Gasteiger partial charge is 0.356 e. The highest BCUT2D eigenvalue weighted by atomic mass is 32.1. The van der Waals surface area contributed by atoms with Gasteiger partial charge in [-0.2, -0.15) is 0 Å². The van der Waals surface area contributed by atoms with Crippen LogP contribution in [0, 0.1) is 0 Å². The van der Waals surface area contributed by atoms with E-state index in [9.17, 15) is 4.79 Å². The predicted octanol–water partition coefficient (Wildman–Crippen LogP) is 5.36. The maximum atomic E-state index is 12.0. The third-order valence-electron chi connectivity index (χ3n) is 3.36. The normalized spacial score (nSPS) is 10.0. The van der Waals surface area contributed by atoms with Crippen molar-refractivity contribution in [2.24, 2.45) is 0 Å². The Labute approximate surface area is 146 Å². The average Bonchev–Trinajstić information content (AvgIpc) is 2.60. The lowest BCUT2D eigenvalue weighted by Gasteiger charge is -2.10. The number of urea groups is 1. The summed E-state index contributed by atoms with van der Waals surface area (Å²) in [7, 11) is 0. The van der Waals surface area contributed by atoms with Gasteiger partial charge in [0.2, 0.25) is 0 Å². The number of carbonyl (C=O) groups is 1. The average molecular weight is 335 g/mol. The summed E-state index contributed by atoms with van der Waals surface area (Å²) >= 11 is 4.31. The molecule has 4 nitrogen and oxygen atoms in total. The van der Waals surface area contributed by atoms with E-state index in [1.807, 2.05) is 72.8 Å². The first-order chi connectivity index (χ1) is 11.7. The summed E-state index contributed by atoms with van der Waals surface area (Å²) in [6.45, 7) is 0. The molecule has 0 aliphatic carbocycles. The van der Waals surface area contributed by atoms with E-state index in [1.54, 1.807) is 6.07 Å². The van der Waals surface area contributed by atoms with Crippen molar-refractivity contribution >= 4 is 41.4 Å². The minimum atomic E-state index is -0.305. The van der Waals surface area contributed by atoms with Crippen molar-refractivity contribution in [1.29, 1.82) is 0 Å². The van der Waals surface area contributed by atoms with Crippen molar-refractivity contribution in [3.63, 3.8) is 0 Å². The van der Waals surface area contributed by atoms with Gasteiger partial charge in [0.05, 0.1) is 5.69 Å². The van der Waals surface area contributed by atoms with Crippen molar-refractivity contribution in [2.75, 3.05) is 16.0 Å². The Balaban J connectivity index is 1.60. The van der Waals surface area contributed by atoms with Crippen LogP contribution in [-0.4, -0.2) is 6.03 Å². The topological polar surface area (TPSA) is 53.2 Å². The molecule has 0 unspecified atom stereocenters. The molecule has 0 aromatic heterocycles. The Morgan fingerprint density at radius 2 is 1.25 bits per heavy atom. The Morgan fingerprint density at radius 3 is 1.96 bits per heavy atom. The van der Waals surface area contributed by atoms with Gasteiger partial charge in [0.15, 0.2) is 0 Å². The van der Waals surface area contributed by atoms with E-state index in [1.165, 1.54) is 0 Å². The first kappa shape index (κ1) is 16.0. The van der Waals surface area contributed by atoms with Crippen LogP contribution in [0.1, 0.15) is 0 Å². The van der Waals surface area contributed by atoms with Crippen molar-refractivity contribution in [1.82, 2.24) is 0 Å². The van der Waals surface area contributed by atoms with E-state index in [2.05, 4.69) is 28.6 Å². The van der Waals surface area contributed by atoms with Gasteiger partial charge in [0, 0.05) is 22.0 Å². The van der Waals surface area contributed by atoms with Gasteiger partial charge in [-0.1, -0.05) is 30.3 Å². The molecule has 0 radical (unpaired) electrons. The standard InChI is InChI=1S/C19H17N3OS/c23-19(22-17-8-4-5-9-18(17)24)21-16-12-10-15(11-13-16)20-14-6-2-1-3-7-14/h1-13,20,24H,(H2,21,22,23). The number of hydrogen-bond acceptors (Lipinski definition) is 3. The summed E-state index contributed by atoms with van der Waals surface area (Å²) in [4.78, 5) is 12.8. The molecule has 3 rings (SSSR count). The first-order valence-corrected chi connectivity index (χ1v) is 7.93. The molecular weight excluding hydrogens is 318 g/mol. The molecular formula is C19H17N3OS. The van der Waals surface area contributed by atoms with Gasteiger partial charge in [-0.15, -0.1) is 12.6 Å². The predicted molar refractivity (Wildman–Crippen MR) is 103 cm³/mol. The van der Waals surface area contributed by atoms with E-state index in [0.717, 1.165) is 16.3 Å². The highest BCUT2D eigenvalue weighted by Crippen LogP contribution is 2.20. The minimum absolute atomic E-state index is 0.305. The lowest BCUT2D eigenvalue weighted by Crippen LogP contribution is -2.19. The van der Waals surface area contributed by atoms with Crippen LogP contribution in [0.2, 0.25) is 0 Å². The van der Waals surface area contributed by atoms with Gasteiger partial charge in [0.25, 0.3) is 0 Å². The molecule has 3 N–H and O–H groups in total. The number of benzene rings is 3. The molecule has 0 saturated heterocycles. The number of amides is 2. The Bertz CT molecular complexity index is 820. The van der Waals surface area contributed by atoms with Crippen molar-refractivity contribution < 1.29 is 4.79 Å². The van der Waals surface area contributed by atoms with Gasteiger partial charge in [-0.3, -0.25) is 0 Å². The van der Waals surface area contributed by atoms with Crippen molar-refractivity contribution in [2.45, 2.75) is 4.90 Å². The number of nitrogens with one attached hydrogen (secondary N) is 3. The zero-order valence-electron chi connectivity index (χ0n) is 12.9. The summed E-state index contributed by atoms with van der Waals surface area (Å²) in [6, 6.07) is 24.5. The van der Waals surface area contributed by atoms with Gasteiger partial charge in [-0.05, 0) is 48.5 Å². The fourth-order valence-electron chi connectivity index (χ4n) is 2.19. The second-order valence-corrected chi connectivity index (χ2v) is 5.65. The lowest BCUT2D eigenvalue weighted by molar-refractivity contribution is 0.262. The molecule has 120 valence electrons. The molecule has 3 aromatic rings. The lowest BCUT2D eigenvalue weighted by atomic mass is 10.2. The van der Waals surface area contributed by atoms with Gasteiger partial charge in [0.1, 0.15) is 0 Å². The molecule has 0 aliphatic rings. The molecule has 24 heavy (non-hydrogen) atoms. The van der Waals surface area contributed by atoms with Gasteiger partial charge >= 0.3 is 6.03 Å². The fourth-order valence-corrected chi connectivity index (χ4v) is 2.41. The molecule has 0 aliphatic heterocycles. The number of anilines is 4. The first-order valence-electron chi connectivity index (χ1n) is 7.49. The number of thiol groups is 1. The zero-order valence-corrected chi connectivity index (χ0v) is 13.8. The highest BCUT2D eigenvalue weighted by molar-refractivity contribution is 7.80. The number of carbonyl (C=O) groups excluding carboxylic acids is 1. The Morgan fingerprint density at radius 1 is 0.667 bits per heavy atom. The smallest absolute Gasteiger partial charge is 0.323 e. The van der Waals surface area contributed by atoms with Crippen LogP contribution in [0.15, 0.2) is 83.8 Å².